The van der Waals surface area contributed by atoms with Crippen LogP contribution < -0.4 is 10.6 Å². The van der Waals surface area contributed by atoms with Crippen LogP contribution in [0, 0.1) is 5.92 Å². The molecule has 1 aliphatic rings. The van der Waals surface area contributed by atoms with Crippen molar-refractivity contribution in [2.45, 2.75) is 19.8 Å². The highest BCUT2D eigenvalue weighted by molar-refractivity contribution is 6.00. The molecule has 1 heterocycles. The summed E-state index contributed by atoms with van der Waals surface area (Å²) in [6, 6.07) is 7.76. The van der Waals surface area contributed by atoms with Crippen LogP contribution in [0.5, 0.6) is 0 Å². The van der Waals surface area contributed by atoms with Crippen LogP contribution in [0.3, 0.4) is 0 Å². The van der Waals surface area contributed by atoms with Gasteiger partial charge in [-0.1, -0.05) is 19.1 Å². The van der Waals surface area contributed by atoms with E-state index in [0.29, 0.717) is 6.54 Å². The number of nitrogens with zero attached hydrogens (tertiary/aromatic N) is 2. The average Bonchev–Trinajstić information content (AvgIpc) is 2.87. The maximum atomic E-state index is 12.3. The Balaban J connectivity index is 2.10. The molecule has 1 aromatic carbocycles. The van der Waals surface area contributed by atoms with E-state index in [-0.39, 0.29) is 24.8 Å². The topological polar surface area (TPSA) is 83.7 Å². The second-order valence-corrected chi connectivity index (χ2v) is 5.59. The Morgan fingerprint density at radius 3 is 2.77 bits per heavy atom. The second kappa shape index (κ2) is 6.60. The lowest BCUT2D eigenvalue weighted by Crippen LogP contribution is -2.39. The SMILES string of the molecule is CCc1cccc(N2CC(C(=O)N(C)CC(N)=O)CC2=O)c1. The van der Waals surface area contributed by atoms with Crippen molar-refractivity contribution in [1.29, 1.82) is 0 Å². The normalized spacial score (nSPS) is 17.6. The Bertz CT molecular complexity index is 600. The molecule has 1 fully saturated rings. The van der Waals surface area contributed by atoms with Gasteiger partial charge in [0.1, 0.15) is 0 Å². The summed E-state index contributed by atoms with van der Waals surface area (Å²) >= 11 is 0. The number of likely N-dealkylation sites (N-methyl/N-ethyl adjacent to an activating group) is 1. The van der Waals surface area contributed by atoms with Crippen LogP contribution in [-0.2, 0) is 20.8 Å². The first-order valence-corrected chi connectivity index (χ1v) is 7.35. The maximum Gasteiger partial charge on any atom is 0.237 e. The number of hydrogen-bond acceptors (Lipinski definition) is 3. The van der Waals surface area contributed by atoms with Gasteiger partial charge in [0, 0.05) is 25.7 Å². The number of anilines is 1. The van der Waals surface area contributed by atoms with Gasteiger partial charge in [-0.2, -0.15) is 0 Å². The molecular formula is C16H21N3O3. The van der Waals surface area contributed by atoms with E-state index in [1.54, 1.807) is 4.90 Å². The van der Waals surface area contributed by atoms with Crippen LogP contribution in [0.4, 0.5) is 5.69 Å². The predicted octanol–water partition coefficient (Wildman–Crippen LogP) is 0.546. The molecule has 1 atom stereocenters. The highest BCUT2D eigenvalue weighted by Crippen LogP contribution is 2.26. The zero-order valence-corrected chi connectivity index (χ0v) is 12.9. The molecule has 0 saturated carbocycles. The van der Waals surface area contributed by atoms with Crippen LogP contribution >= 0.6 is 0 Å². The fourth-order valence-electron chi connectivity index (χ4n) is 2.69. The number of amides is 3. The van der Waals surface area contributed by atoms with Gasteiger partial charge in [0.2, 0.25) is 17.7 Å². The van der Waals surface area contributed by atoms with Crippen LogP contribution in [0.25, 0.3) is 0 Å². The molecule has 1 aromatic rings. The molecule has 3 amide bonds. The van der Waals surface area contributed by atoms with E-state index in [0.717, 1.165) is 17.7 Å². The van der Waals surface area contributed by atoms with Crippen molar-refractivity contribution in [3.8, 4) is 0 Å². The van der Waals surface area contributed by atoms with Crippen molar-refractivity contribution in [1.82, 2.24) is 4.90 Å². The predicted molar refractivity (Wildman–Crippen MR) is 83.1 cm³/mol. The highest BCUT2D eigenvalue weighted by Gasteiger charge is 2.36. The number of nitrogens with two attached hydrogens (primary N) is 1. The van der Waals surface area contributed by atoms with E-state index in [4.69, 9.17) is 5.73 Å². The van der Waals surface area contributed by atoms with E-state index >= 15 is 0 Å². The van der Waals surface area contributed by atoms with Crippen molar-refractivity contribution < 1.29 is 14.4 Å². The number of carbonyl (C=O) groups is 3. The summed E-state index contributed by atoms with van der Waals surface area (Å²) in [6.45, 7) is 2.26. The van der Waals surface area contributed by atoms with Crippen LogP contribution in [0.15, 0.2) is 24.3 Å². The van der Waals surface area contributed by atoms with Gasteiger partial charge in [-0.3, -0.25) is 14.4 Å². The maximum absolute atomic E-state index is 12.3. The Kier molecular flexibility index (Phi) is 4.80. The summed E-state index contributed by atoms with van der Waals surface area (Å²) < 4.78 is 0. The summed E-state index contributed by atoms with van der Waals surface area (Å²) in [5, 5.41) is 0. The third kappa shape index (κ3) is 3.44. The molecule has 0 bridgehead atoms. The minimum atomic E-state index is -0.562. The van der Waals surface area contributed by atoms with Gasteiger partial charge in [0.15, 0.2) is 0 Å². The van der Waals surface area contributed by atoms with Crippen LogP contribution in [0.2, 0.25) is 0 Å². The van der Waals surface area contributed by atoms with E-state index in [1.165, 1.54) is 11.9 Å². The number of hydrogen-bond donors (Lipinski definition) is 1. The summed E-state index contributed by atoms with van der Waals surface area (Å²) in [5.41, 5.74) is 7.06. The minimum absolute atomic E-state index is 0.0703. The first-order chi connectivity index (χ1) is 10.4. The highest BCUT2D eigenvalue weighted by atomic mass is 16.2. The average molecular weight is 303 g/mol. The summed E-state index contributed by atoms with van der Waals surface area (Å²) in [6.07, 6.45) is 1.05. The molecule has 1 aliphatic heterocycles. The molecule has 2 rings (SSSR count). The zero-order chi connectivity index (χ0) is 16.3. The van der Waals surface area contributed by atoms with Gasteiger partial charge in [0.05, 0.1) is 12.5 Å². The Labute approximate surface area is 129 Å². The smallest absolute Gasteiger partial charge is 0.237 e. The summed E-state index contributed by atoms with van der Waals surface area (Å²) in [5.74, 6) is -1.28. The Morgan fingerprint density at radius 2 is 2.14 bits per heavy atom. The van der Waals surface area contributed by atoms with Crippen molar-refractivity contribution in [3.63, 3.8) is 0 Å². The third-order valence-electron chi connectivity index (χ3n) is 3.87. The van der Waals surface area contributed by atoms with Gasteiger partial charge in [0.25, 0.3) is 0 Å². The molecule has 6 nitrogen and oxygen atoms in total. The minimum Gasteiger partial charge on any atom is -0.368 e. The molecule has 22 heavy (non-hydrogen) atoms. The van der Waals surface area contributed by atoms with Gasteiger partial charge in [-0.05, 0) is 24.1 Å². The van der Waals surface area contributed by atoms with Crippen LogP contribution in [0.1, 0.15) is 18.9 Å². The molecular weight excluding hydrogens is 282 g/mol. The monoisotopic (exact) mass is 303 g/mol. The molecule has 2 N–H and O–H groups in total. The fourth-order valence-corrected chi connectivity index (χ4v) is 2.69. The molecule has 1 saturated heterocycles. The van der Waals surface area contributed by atoms with Gasteiger partial charge < -0.3 is 15.5 Å². The third-order valence-corrected chi connectivity index (χ3v) is 3.87. The van der Waals surface area contributed by atoms with E-state index in [9.17, 15) is 14.4 Å². The van der Waals surface area contributed by atoms with Crippen molar-refractivity contribution in [2.75, 3.05) is 25.0 Å². The number of carbonyl (C=O) groups excluding carboxylic acids is 3. The van der Waals surface area contributed by atoms with Gasteiger partial charge >= 0.3 is 0 Å². The van der Waals surface area contributed by atoms with Gasteiger partial charge in [-0.25, -0.2) is 0 Å². The molecule has 6 heteroatoms. The van der Waals surface area contributed by atoms with Crippen molar-refractivity contribution in [3.05, 3.63) is 29.8 Å². The second-order valence-electron chi connectivity index (χ2n) is 5.59. The molecule has 0 spiro atoms. The Hall–Kier alpha value is -2.37. The number of primary amides is 1. The zero-order valence-electron chi connectivity index (χ0n) is 12.9. The molecule has 118 valence electrons. The molecule has 0 radical (unpaired) electrons. The number of benzene rings is 1. The lowest BCUT2D eigenvalue weighted by Gasteiger charge is -2.20. The van der Waals surface area contributed by atoms with Crippen molar-refractivity contribution in [2.24, 2.45) is 11.7 Å². The van der Waals surface area contributed by atoms with E-state index in [1.807, 2.05) is 24.3 Å². The lowest BCUT2D eigenvalue weighted by molar-refractivity contribution is -0.137. The van der Waals surface area contributed by atoms with E-state index < -0.39 is 11.8 Å². The molecule has 1 unspecified atom stereocenters. The number of rotatable bonds is 5. The summed E-state index contributed by atoms with van der Waals surface area (Å²) in [7, 11) is 1.53. The largest absolute Gasteiger partial charge is 0.368 e. The quantitative estimate of drug-likeness (QED) is 0.862. The summed E-state index contributed by atoms with van der Waals surface area (Å²) in [4.78, 5) is 38.3. The molecule has 0 aromatic heterocycles. The van der Waals surface area contributed by atoms with Crippen LogP contribution in [-0.4, -0.2) is 42.8 Å². The van der Waals surface area contributed by atoms with E-state index in [2.05, 4.69) is 6.92 Å². The molecule has 0 aliphatic carbocycles. The first-order valence-electron chi connectivity index (χ1n) is 7.35. The number of aryl methyl sites for hydroxylation is 1. The van der Waals surface area contributed by atoms with Crippen molar-refractivity contribution >= 4 is 23.4 Å². The Morgan fingerprint density at radius 1 is 1.41 bits per heavy atom. The fraction of sp³-hybridized carbons (Fsp3) is 0.438. The first kappa shape index (κ1) is 16.0. The standard InChI is InChI=1S/C16H21N3O3/c1-3-11-5-4-6-13(7-11)19-9-12(8-15(19)21)16(22)18(2)10-14(17)20/h4-7,12H,3,8-10H2,1-2H3,(H2,17,20). The van der Waals surface area contributed by atoms with Gasteiger partial charge in [-0.15, -0.1) is 0 Å². The lowest BCUT2D eigenvalue weighted by atomic mass is 10.1.